The molecular weight excluding hydrogens is 350 g/mol. The number of carbonyl (C=O) groups excluding carboxylic acids is 2. The Labute approximate surface area is 155 Å². The van der Waals surface area contributed by atoms with Crippen molar-refractivity contribution >= 4 is 23.3 Å². The van der Waals surface area contributed by atoms with Crippen LogP contribution in [0.25, 0.3) is 0 Å². The topological polar surface area (TPSA) is 114 Å². The predicted octanol–water partition coefficient (Wildman–Crippen LogP) is 3.01. The van der Waals surface area contributed by atoms with E-state index in [9.17, 15) is 19.7 Å². The van der Waals surface area contributed by atoms with Gasteiger partial charge < -0.3 is 9.64 Å². The number of esters is 1. The zero-order valence-corrected chi connectivity index (χ0v) is 14.6. The van der Waals surface area contributed by atoms with Gasteiger partial charge in [-0.05, 0) is 31.2 Å². The zero-order valence-electron chi connectivity index (χ0n) is 14.6. The van der Waals surface area contributed by atoms with Crippen LogP contribution in [0.1, 0.15) is 22.3 Å². The molecule has 0 spiro atoms. The monoisotopic (exact) mass is 367 g/mol. The second-order valence-electron chi connectivity index (χ2n) is 5.67. The van der Waals surface area contributed by atoms with Gasteiger partial charge in [0.1, 0.15) is 0 Å². The van der Waals surface area contributed by atoms with Crippen molar-refractivity contribution in [3.8, 4) is 6.07 Å². The summed E-state index contributed by atoms with van der Waals surface area (Å²) in [6, 6.07) is 14.1. The minimum Gasteiger partial charge on any atom is -0.452 e. The maximum atomic E-state index is 12.5. The van der Waals surface area contributed by atoms with Gasteiger partial charge in [-0.1, -0.05) is 17.7 Å². The smallest absolute Gasteiger partial charge is 0.338 e. The van der Waals surface area contributed by atoms with Crippen molar-refractivity contribution in [1.29, 1.82) is 5.26 Å². The van der Waals surface area contributed by atoms with E-state index < -0.39 is 23.4 Å². The molecule has 2 aromatic carbocycles. The van der Waals surface area contributed by atoms with Crippen LogP contribution in [-0.4, -0.2) is 30.0 Å². The SMILES string of the molecule is Cc1ccc(N(CCC#N)C(=O)COC(=O)c2ccc([N+](=O)[O-])cc2)cc1. The van der Waals surface area contributed by atoms with Crippen molar-refractivity contribution in [2.24, 2.45) is 0 Å². The molecule has 0 aliphatic carbocycles. The number of nitro groups is 1. The number of aryl methyl sites for hydroxylation is 1. The van der Waals surface area contributed by atoms with Crippen LogP contribution in [-0.2, 0) is 9.53 Å². The zero-order chi connectivity index (χ0) is 19.8. The highest BCUT2D eigenvalue weighted by molar-refractivity contribution is 5.97. The van der Waals surface area contributed by atoms with E-state index in [1.54, 1.807) is 12.1 Å². The van der Waals surface area contributed by atoms with Crippen molar-refractivity contribution in [2.75, 3.05) is 18.1 Å². The molecule has 8 nitrogen and oxygen atoms in total. The molecule has 0 saturated carbocycles. The number of non-ortho nitro benzene ring substituents is 1. The van der Waals surface area contributed by atoms with Gasteiger partial charge in [0, 0.05) is 24.4 Å². The van der Waals surface area contributed by atoms with Crippen LogP contribution in [0.4, 0.5) is 11.4 Å². The van der Waals surface area contributed by atoms with E-state index in [1.807, 2.05) is 25.1 Å². The molecule has 0 aliphatic heterocycles. The maximum Gasteiger partial charge on any atom is 0.338 e. The number of hydrogen-bond acceptors (Lipinski definition) is 6. The minimum atomic E-state index is -0.762. The summed E-state index contributed by atoms with van der Waals surface area (Å²) < 4.78 is 5.01. The minimum absolute atomic E-state index is 0.104. The Bertz CT molecular complexity index is 870. The van der Waals surface area contributed by atoms with E-state index in [-0.39, 0.29) is 24.2 Å². The van der Waals surface area contributed by atoms with E-state index in [0.717, 1.165) is 5.56 Å². The molecule has 2 aromatic rings. The molecule has 8 heteroatoms. The Kier molecular flexibility index (Phi) is 6.61. The number of carbonyl (C=O) groups is 2. The van der Waals surface area contributed by atoms with Gasteiger partial charge in [-0.3, -0.25) is 14.9 Å². The lowest BCUT2D eigenvalue weighted by Gasteiger charge is -2.21. The first-order chi connectivity index (χ1) is 12.9. The lowest BCUT2D eigenvalue weighted by atomic mass is 10.2. The van der Waals surface area contributed by atoms with Gasteiger partial charge in [-0.2, -0.15) is 5.26 Å². The van der Waals surface area contributed by atoms with E-state index in [2.05, 4.69) is 0 Å². The molecule has 0 fully saturated rings. The lowest BCUT2D eigenvalue weighted by molar-refractivity contribution is -0.384. The lowest BCUT2D eigenvalue weighted by Crippen LogP contribution is -2.35. The van der Waals surface area contributed by atoms with Crippen LogP contribution in [0, 0.1) is 28.4 Å². The standard InChI is InChI=1S/C19H17N3O5/c1-14-3-7-16(8-4-14)21(12-2-11-20)18(23)13-27-19(24)15-5-9-17(10-6-15)22(25)26/h3-10H,2,12-13H2,1H3. The first-order valence-corrected chi connectivity index (χ1v) is 8.08. The molecule has 27 heavy (non-hydrogen) atoms. The average molecular weight is 367 g/mol. The maximum absolute atomic E-state index is 12.5. The second kappa shape index (κ2) is 9.10. The summed E-state index contributed by atoms with van der Waals surface area (Å²) >= 11 is 0. The Hall–Kier alpha value is -3.73. The van der Waals surface area contributed by atoms with Crippen molar-refractivity contribution in [3.63, 3.8) is 0 Å². The van der Waals surface area contributed by atoms with Crippen LogP contribution in [0.15, 0.2) is 48.5 Å². The molecule has 2 rings (SSSR count). The fourth-order valence-corrected chi connectivity index (χ4v) is 2.29. The van der Waals surface area contributed by atoms with Crippen LogP contribution < -0.4 is 4.90 Å². The molecule has 0 radical (unpaired) electrons. The summed E-state index contributed by atoms with van der Waals surface area (Å²) in [6.07, 6.45) is 0.135. The molecule has 1 amide bonds. The summed E-state index contributed by atoms with van der Waals surface area (Å²) in [5, 5.41) is 19.4. The number of anilines is 1. The first kappa shape index (κ1) is 19.6. The number of ether oxygens (including phenoxy) is 1. The number of rotatable bonds is 7. The largest absolute Gasteiger partial charge is 0.452 e. The van der Waals surface area contributed by atoms with E-state index in [1.165, 1.54) is 29.2 Å². The molecule has 0 aliphatic rings. The molecule has 0 aromatic heterocycles. The third kappa shape index (κ3) is 5.37. The van der Waals surface area contributed by atoms with E-state index in [4.69, 9.17) is 10.00 Å². The average Bonchev–Trinajstić information content (AvgIpc) is 2.67. The number of nitro benzene ring substituents is 1. The van der Waals surface area contributed by atoms with Crippen LogP contribution in [0.3, 0.4) is 0 Å². The number of nitrogens with zero attached hydrogens (tertiary/aromatic N) is 3. The highest BCUT2D eigenvalue weighted by Crippen LogP contribution is 2.17. The second-order valence-corrected chi connectivity index (χ2v) is 5.67. The number of amides is 1. The fourth-order valence-electron chi connectivity index (χ4n) is 2.29. The number of benzene rings is 2. The quantitative estimate of drug-likeness (QED) is 0.422. The fraction of sp³-hybridized carbons (Fsp3) is 0.211. The third-order valence-electron chi connectivity index (χ3n) is 3.73. The number of nitriles is 1. The molecule has 0 saturated heterocycles. The van der Waals surface area contributed by atoms with Gasteiger partial charge in [0.25, 0.3) is 11.6 Å². The normalized spacial score (nSPS) is 9.93. The predicted molar refractivity (Wildman–Crippen MR) is 97.1 cm³/mol. The van der Waals surface area contributed by atoms with Gasteiger partial charge in [-0.15, -0.1) is 0 Å². The number of hydrogen-bond donors (Lipinski definition) is 0. The van der Waals surface area contributed by atoms with Crippen molar-refractivity contribution < 1.29 is 19.2 Å². The summed E-state index contributed by atoms with van der Waals surface area (Å²) in [7, 11) is 0. The Balaban J connectivity index is 2.03. The Morgan fingerprint density at radius 3 is 2.33 bits per heavy atom. The molecule has 138 valence electrons. The Morgan fingerprint density at radius 1 is 1.15 bits per heavy atom. The summed E-state index contributed by atoms with van der Waals surface area (Å²) in [6.45, 7) is 1.58. The molecular formula is C19H17N3O5. The van der Waals surface area contributed by atoms with Crippen molar-refractivity contribution in [1.82, 2.24) is 0 Å². The highest BCUT2D eigenvalue weighted by Gasteiger charge is 2.18. The molecule has 0 heterocycles. The van der Waals surface area contributed by atoms with E-state index in [0.29, 0.717) is 5.69 Å². The van der Waals surface area contributed by atoms with E-state index >= 15 is 0 Å². The van der Waals surface area contributed by atoms with Crippen molar-refractivity contribution in [2.45, 2.75) is 13.3 Å². The first-order valence-electron chi connectivity index (χ1n) is 8.08. The third-order valence-corrected chi connectivity index (χ3v) is 3.73. The van der Waals surface area contributed by atoms with Gasteiger partial charge in [0.2, 0.25) is 0 Å². The van der Waals surface area contributed by atoms with Gasteiger partial charge in [-0.25, -0.2) is 4.79 Å². The van der Waals surface area contributed by atoms with Gasteiger partial charge in [0.15, 0.2) is 6.61 Å². The summed E-state index contributed by atoms with van der Waals surface area (Å²) in [5.74, 6) is -1.23. The Morgan fingerprint density at radius 2 is 1.78 bits per heavy atom. The molecule has 0 atom stereocenters. The van der Waals surface area contributed by atoms with Crippen LogP contribution in [0.5, 0.6) is 0 Å². The van der Waals surface area contributed by atoms with Crippen LogP contribution in [0.2, 0.25) is 0 Å². The van der Waals surface area contributed by atoms with Crippen molar-refractivity contribution in [3.05, 3.63) is 69.8 Å². The molecule has 0 bridgehead atoms. The molecule has 0 N–H and O–H groups in total. The van der Waals surface area contributed by atoms with Gasteiger partial charge >= 0.3 is 5.97 Å². The van der Waals surface area contributed by atoms with Gasteiger partial charge in [0.05, 0.1) is 23.0 Å². The summed E-state index contributed by atoms with van der Waals surface area (Å²) in [5.41, 5.74) is 1.58. The van der Waals surface area contributed by atoms with Crippen LogP contribution >= 0.6 is 0 Å². The molecule has 0 unspecified atom stereocenters. The summed E-state index contributed by atoms with van der Waals surface area (Å²) in [4.78, 5) is 35.9. The highest BCUT2D eigenvalue weighted by atomic mass is 16.6.